The van der Waals surface area contributed by atoms with Gasteiger partial charge in [0.25, 0.3) is 0 Å². The topological polar surface area (TPSA) is 38.7 Å². The molecule has 4 heteroatoms. The van der Waals surface area contributed by atoms with Gasteiger partial charge in [-0.15, -0.1) is 24.2 Å². The summed E-state index contributed by atoms with van der Waals surface area (Å²) in [4.78, 5) is 11.7. The molecule has 0 fully saturated rings. The van der Waals surface area contributed by atoms with E-state index < -0.39 is 0 Å². The molecule has 0 spiro atoms. The fraction of sp³-hybridized carbons (Fsp3) is 0. The Kier molecular flexibility index (Phi) is 4.12. The summed E-state index contributed by atoms with van der Waals surface area (Å²) in [6.07, 6.45) is 7.58. The predicted octanol–water partition coefficient (Wildman–Crippen LogP) is 1.14. The fourth-order valence-electron chi connectivity index (χ4n) is 0.855. The first-order valence-corrected chi connectivity index (χ1v) is 3.47. The maximum absolute atomic E-state index is 4.08. The number of hydrogen-bond acceptors (Lipinski definition) is 3. The van der Waals surface area contributed by atoms with Crippen molar-refractivity contribution >= 4 is 0 Å². The maximum atomic E-state index is 4.08. The summed E-state index contributed by atoms with van der Waals surface area (Å²) in [7, 11) is 0. The SMILES string of the molecule is [Y].[c-]1ncncc1-c1[c-]cccn1. The third-order valence-electron chi connectivity index (χ3n) is 1.37. The van der Waals surface area contributed by atoms with Gasteiger partial charge >= 0.3 is 0 Å². The summed E-state index contributed by atoms with van der Waals surface area (Å²) < 4.78 is 0. The molecule has 0 aliphatic carbocycles. The first-order valence-electron chi connectivity index (χ1n) is 3.47. The van der Waals surface area contributed by atoms with Crippen LogP contribution >= 0.6 is 0 Å². The quantitative estimate of drug-likeness (QED) is 0.706. The van der Waals surface area contributed by atoms with Crippen LogP contribution in [0, 0.1) is 12.3 Å². The molecule has 2 aromatic rings. The molecule has 0 aromatic carbocycles. The van der Waals surface area contributed by atoms with Crippen molar-refractivity contribution < 1.29 is 32.7 Å². The number of nitrogens with zero attached hydrogens (tertiary/aromatic N) is 3. The van der Waals surface area contributed by atoms with E-state index in [-0.39, 0.29) is 32.7 Å². The smallest absolute Gasteiger partial charge is 0.0265 e. The van der Waals surface area contributed by atoms with E-state index in [0.717, 1.165) is 11.3 Å². The molecule has 0 unspecified atom stereocenters. The second kappa shape index (κ2) is 5.15. The number of rotatable bonds is 1. The first-order chi connectivity index (χ1) is 5.97. The van der Waals surface area contributed by atoms with Crippen LogP contribution in [-0.4, -0.2) is 15.0 Å². The van der Waals surface area contributed by atoms with Gasteiger partial charge in [0.1, 0.15) is 0 Å². The van der Waals surface area contributed by atoms with Gasteiger partial charge in [0.2, 0.25) is 0 Å². The van der Waals surface area contributed by atoms with Crippen molar-refractivity contribution in [2.75, 3.05) is 0 Å². The third kappa shape index (κ3) is 2.64. The molecule has 61 valence electrons. The molecule has 1 radical (unpaired) electrons. The summed E-state index contributed by atoms with van der Waals surface area (Å²) >= 11 is 0. The van der Waals surface area contributed by atoms with Gasteiger partial charge in [0.15, 0.2) is 0 Å². The average molecular weight is 244 g/mol. The Balaban J connectivity index is 0.000000845. The zero-order valence-corrected chi connectivity index (χ0v) is 9.64. The van der Waals surface area contributed by atoms with Crippen LogP contribution in [0.2, 0.25) is 0 Å². The van der Waals surface area contributed by atoms with E-state index in [1.807, 2.05) is 6.07 Å². The Morgan fingerprint density at radius 3 is 2.85 bits per heavy atom. The third-order valence-corrected chi connectivity index (χ3v) is 1.37. The van der Waals surface area contributed by atoms with E-state index >= 15 is 0 Å². The zero-order valence-electron chi connectivity index (χ0n) is 6.81. The van der Waals surface area contributed by atoms with E-state index in [1.54, 1.807) is 18.5 Å². The Morgan fingerprint density at radius 1 is 1.31 bits per heavy atom. The number of hydrogen-bond donors (Lipinski definition) is 0. The van der Waals surface area contributed by atoms with Crippen molar-refractivity contribution in [3.05, 3.63) is 43.1 Å². The standard InChI is InChI=1S/C9H5N3.Y/c1-2-4-12-9(3-1)8-5-10-7-11-6-8;/h1-2,4-5,7H;/q-2;. The van der Waals surface area contributed by atoms with Gasteiger partial charge in [-0.3, -0.25) is 0 Å². The van der Waals surface area contributed by atoms with Crippen LogP contribution < -0.4 is 0 Å². The fourth-order valence-corrected chi connectivity index (χ4v) is 0.855. The minimum absolute atomic E-state index is 0. The minimum Gasteiger partial charge on any atom is -0.355 e. The van der Waals surface area contributed by atoms with E-state index in [0.29, 0.717) is 0 Å². The number of pyridine rings is 1. The second-order valence-corrected chi connectivity index (χ2v) is 2.18. The molecular formula is C9H5N3Y-2. The van der Waals surface area contributed by atoms with Gasteiger partial charge in [0, 0.05) is 39.0 Å². The molecular weight excluding hydrogens is 239 g/mol. The van der Waals surface area contributed by atoms with Gasteiger partial charge in [0.05, 0.1) is 0 Å². The Hall–Kier alpha value is -0.666. The summed E-state index contributed by atoms with van der Waals surface area (Å²) in [5.74, 6) is 0. The normalized spacial score (nSPS) is 8.92. The van der Waals surface area contributed by atoms with Crippen molar-refractivity contribution in [2.24, 2.45) is 0 Å². The van der Waals surface area contributed by atoms with E-state index in [4.69, 9.17) is 0 Å². The van der Waals surface area contributed by atoms with Crippen LogP contribution in [0.1, 0.15) is 0 Å². The Morgan fingerprint density at radius 2 is 2.23 bits per heavy atom. The maximum Gasteiger partial charge on any atom is 0.0265 e. The van der Waals surface area contributed by atoms with Crippen molar-refractivity contribution in [1.29, 1.82) is 0 Å². The van der Waals surface area contributed by atoms with Gasteiger partial charge in [-0.25, -0.2) is 6.07 Å². The average Bonchev–Trinajstić information content (AvgIpc) is 2.21. The molecule has 2 aromatic heterocycles. The van der Waals surface area contributed by atoms with Crippen molar-refractivity contribution in [3.63, 3.8) is 0 Å². The predicted molar refractivity (Wildman–Crippen MR) is 42.9 cm³/mol. The molecule has 0 bridgehead atoms. The molecule has 0 aliphatic rings. The zero-order chi connectivity index (χ0) is 8.23. The summed E-state index contributed by atoms with van der Waals surface area (Å²) in [6, 6.07) is 6.57. The summed E-state index contributed by atoms with van der Waals surface area (Å²) in [5, 5.41) is 0. The molecule has 0 saturated heterocycles. The molecule has 0 saturated carbocycles. The first kappa shape index (κ1) is 10.4. The van der Waals surface area contributed by atoms with E-state index in [9.17, 15) is 0 Å². The van der Waals surface area contributed by atoms with E-state index in [2.05, 4.69) is 27.2 Å². The minimum atomic E-state index is 0. The van der Waals surface area contributed by atoms with Gasteiger partial charge < -0.3 is 15.0 Å². The Bertz CT molecular complexity index is 312. The van der Waals surface area contributed by atoms with Gasteiger partial charge in [-0.2, -0.15) is 11.6 Å². The largest absolute Gasteiger partial charge is 0.355 e. The van der Waals surface area contributed by atoms with Crippen molar-refractivity contribution in [2.45, 2.75) is 0 Å². The number of aromatic nitrogens is 3. The molecule has 0 atom stereocenters. The molecule has 13 heavy (non-hydrogen) atoms. The summed E-state index contributed by atoms with van der Waals surface area (Å²) in [6.45, 7) is 0. The van der Waals surface area contributed by atoms with Gasteiger partial charge in [-0.05, 0) is 6.20 Å². The van der Waals surface area contributed by atoms with Crippen LogP contribution in [0.5, 0.6) is 0 Å². The van der Waals surface area contributed by atoms with Crippen LogP contribution in [0.15, 0.2) is 30.9 Å². The molecule has 0 aliphatic heterocycles. The second-order valence-electron chi connectivity index (χ2n) is 2.18. The van der Waals surface area contributed by atoms with Crippen LogP contribution in [0.25, 0.3) is 11.3 Å². The molecule has 0 amide bonds. The molecule has 0 N–H and O–H groups in total. The monoisotopic (exact) mass is 244 g/mol. The molecule has 2 rings (SSSR count). The van der Waals surface area contributed by atoms with Gasteiger partial charge in [-0.1, -0.05) is 0 Å². The summed E-state index contributed by atoms with van der Waals surface area (Å²) in [5.41, 5.74) is 1.48. The Labute approximate surface area is 102 Å². The van der Waals surface area contributed by atoms with Crippen LogP contribution in [-0.2, 0) is 32.7 Å². The van der Waals surface area contributed by atoms with Crippen LogP contribution in [0.4, 0.5) is 0 Å². The van der Waals surface area contributed by atoms with Crippen molar-refractivity contribution in [1.82, 2.24) is 15.0 Å². The van der Waals surface area contributed by atoms with E-state index in [1.165, 1.54) is 6.33 Å². The van der Waals surface area contributed by atoms with Crippen LogP contribution in [0.3, 0.4) is 0 Å². The molecule has 3 nitrogen and oxygen atoms in total. The van der Waals surface area contributed by atoms with Crippen molar-refractivity contribution in [3.8, 4) is 11.3 Å². The molecule has 2 heterocycles.